The first kappa shape index (κ1) is 23.5. The zero-order valence-corrected chi connectivity index (χ0v) is 20.3. The van der Waals surface area contributed by atoms with Gasteiger partial charge in [0.1, 0.15) is 5.75 Å². The lowest BCUT2D eigenvalue weighted by atomic mass is 9.98. The first-order chi connectivity index (χ1) is 16.5. The van der Waals surface area contributed by atoms with Crippen molar-refractivity contribution >= 4 is 16.8 Å². The van der Waals surface area contributed by atoms with Crippen LogP contribution in [-0.4, -0.2) is 60.2 Å². The van der Waals surface area contributed by atoms with Gasteiger partial charge in [-0.25, -0.2) is 0 Å². The van der Waals surface area contributed by atoms with Gasteiger partial charge in [0.2, 0.25) is 0 Å². The summed E-state index contributed by atoms with van der Waals surface area (Å²) in [6.45, 7) is 3.34. The molecule has 1 heterocycles. The predicted molar refractivity (Wildman–Crippen MR) is 137 cm³/mol. The SMILES string of the molecule is CCOc1cc(C(=O)N(C)C(CCN(C)C)c2cccc3cn[nH]c23)ccc1-c1ccccc1. The molecule has 0 radical (unpaired) electrons. The summed E-state index contributed by atoms with van der Waals surface area (Å²) in [6.07, 6.45) is 2.62. The van der Waals surface area contributed by atoms with Gasteiger partial charge >= 0.3 is 0 Å². The van der Waals surface area contributed by atoms with Crippen LogP contribution in [0.15, 0.2) is 72.9 Å². The van der Waals surface area contributed by atoms with E-state index in [0.29, 0.717) is 17.9 Å². The number of aromatic nitrogens is 2. The van der Waals surface area contributed by atoms with Crippen molar-refractivity contribution in [3.05, 3.63) is 84.1 Å². The first-order valence-corrected chi connectivity index (χ1v) is 11.7. The molecule has 176 valence electrons. The van der Waals surface area contributed by atoms with E-state index in [0.717, 1.165) is 40.6 Å². The minimum Gasteiger partial charge on any atom is -0.493 e. The third kappa shape index (κ3) is 4.97. The van der Waals surface area contributed by atoms with E-state index < -0.39 is 0 Å². The molecule has 0 aliphatic rings. The molecule has 0 aliphatic carbocycles. The fourth-order valence-corrected chi connectivity index (χ4v) is 4.34. The number of amides is 1. The van der Waals surface area contributed by atoms with Crippen LogP contribution < -0.4 is 4.74 Å². The monoisotopic (exact) mass is 456 g/mol. The van der Waals surface area contributed by atoms with Gasteiger partial charge < -0.3 is 14.5 Å². The highest BCUT2D eigenvalue weighted by molar-refractivity contribution is 5.96. The molecule has 0 saturated carbocycles. The molecule has 1 N–H and O–H groups in total. The highest BCUT2D eigenvalue weighted by Gasteiger charge is 2.26. The average molecular weight is 457 g/mol. The van der Waals surface area contributed by atoms with Crippen molar-refractivity contribution in [2.75, 3.05) is 34.3 Å². The second-order valence-electron chi connectivity index (χ2n) is 8.72. The van der Waals surface area contributed by atoms with Crippen LogP contribution in [0.25, 0.3) is 22.0 Å². The van der Waals surface area contributed by atoms with E-state index in [1.165, 1.54) is 0 Å². The number of H-pyrrole nitrogens is 1. The minimum absolute atomic E-state index is 0.0409. The molecule has 0 saturated heterocycles. The molecule has 0 aliphatic heterocycles. The van der Waals surface area contributed by atoms with Gasteiger partial charge in [0, 0.05) is 29.1 Å². The Morgan fingerprint density at radius 2 is 1.82 bits per heavy atom. The van der Waals surface area contributed by atoms with Crippen LogP contribution in [0.2, 0.25) is 0 Å². The van der Waals surface area contributed by atoms with E-state index in [4.69, 9.17) is 4.74 Å². The van der Waals surface area contributed by atoms with Gasteiger partial charge in [0.05, 0.1) is 24.4 Å². The topological polar surface area (TPSA) is 61.5 Å². The number of nitrogens with one attached hydrogen (secondary N) is 1. The summed E-state index contributed by atoms with van der Waals surface area (Å²) in [6, 6.07) is 21.9. The third-order valence-corrected chi connectivity index (χ3v) is 6.12. The average Bonchev–Trinajstić information content (AvgIpc) is 3.34. The molecular weight excluding hydrogens is 424 g/mol. The van der Waals surface area contributed by atoms with Crippen molar-refractivity contribution in [2.24, 2.45) is 0 Å². The van der Waals surface area contributed by atoms with Crippen molar-refractivity contribution in [1.82, 2.24) is 20.0 Å². The summed E-state index contributed by atoms with van der Waals surface area (Å²) in [5.41, 5.74) is 4.69. The van der Waals surface area contributed by atoms with Crippen molar-refractivity contribution in [1.29, 1.82) is 0 Å². The number of nitrogens with zero attached hydrogens (tertiary/aromatic N) is 3. The van der Waals surface area contributed by atoms with Crippen molar-refractivity contribution < 1.29 is 9.53 Å². The number of benzene rings is 3. The number of carbonyl (C=O) groups is 1. The molecule has 3 aromatic carbocycles. The van der Waals surface area contributed by atoms with Crippen LogP contribution in [0.1, 0.15) is 35.3 Å². The van der Waals surface area contributed by atoms with E-state index in [9.17, 15) is 4.79 Å². The number of aromatic amines is 1. The molecule has 6 nitrogen and oxygen atoms in total. The zero-order chi connectivity index (χ0) is 24.1. The molecule has 1 atom stereocenters. The van der Waals surface area contributed by atoms with Crippen molar-refractivity contribution in [2.45, 2.75) is 19.4 Å². The molecular formula is C28H32N4O2. The Kier molecular flexibility index (Phi) is 7.28. The lowest BCUT2D eigenvalue weighted by Crippen LogP contribution is -2.33. The molecule has 1 amide bonds. The van der Waals surface area contributed by atoms with Crippen LogP contribution in [0.5, 0.6) is 5.75 Å². The van der Waals surface area contributed by atoms with E-state index >= 15 is 0 Å². The second-order valence-corrected chi connectivity index (χ2v) is 8.72. The van der Waals surface area contributed by atoms with Crippen LogP contribution in [0, 0.1) is 0 Å². The standard InChI is InChI=1S/C28H32N4O2/c1-5-34-26-18-21(14-15-23(26)20-10-7-6-8-11-20)28(33)32(4)25(16-17-31(2)3)24-13-9-12-22-19-29-30-27(22)24/h6-15,18-19,25H,5,16-17H2,1-4H3,(H,29,30). The number of carbonyl (C=O) groups excluding carboxylic acids is 1. The number of para-hydroxylation sites is 1. The maximum Gasteiger partial charge on any atom is 0.254 e. The number of rotatable bonds is 9. The van der Waals surface area contributed by atoms with Gasteiger partial charge in [-0.05, 0) is 57.7 Å². The van der Waals surface area contributed by atoms with Crippen molar-refractivity contribution in [3.8, 4) is 16.9 Å². The quantitative estimate of drug-likeness (QED) is 0.367. The second kappa shape index (κ2) is 10.5. The Morgan fingerprint density at radius 3 is 2.56 bits per heavy atom. The third-order valence-electron chi connectivity index (χ3n) is 6.12. The molecule has 6 heteroatoms. The lowest BCUT2D eigenvalue weighted by molar-refractivity contribution is 0.0716. The number of ether oxygens (including phenoxy) is 1. The highest BCUT2D eigenvalue weighted by atomic mass is 16.5. The van der Waals surface area contributed by atoms with Crippen LogP contribution >= 0.6 is 0 Å². The summed E-state index contributed by atoms with van der Waals surface area (Å²) >= 11 is 0. The number of hydrogen-bond donors (Lipinski definition) is 1. The summed E-state index contributed by atoms with van der Waals surface area (Å²) in [4.78, 5) is 17.7. The summed E-state index contributed by atoms with van der Waals surface area (Å²) in [5, 5.41) is 8.38. The fourth-order valence-electron chi connectivity index (χ4n) is 4.34. The molecule has 0 bridgehead atoms. The maximum absolute atomic E-state index is 13.7. The van der Waals surface area contributed by atoms with Gasteiger partial charge in [0.15, 0.2) is 0 Å². The Bertz CT molecular complexity index is 1250. The van der Waals surface area contributed by atoms with Gasteiger partial charge in [-0.3, -0.25) is 9.89 Å². The first-order valence-electron chi connectivity index (χ1n) is 11.7. The zero-order valence-electron chi connectivity index (χ0n) is 20.3. The Hall–Kier alpha value is -3.64. The predicted octanol–water partition coefficient (Wildman–Crippen LogP) is 5.39. The smallest absolute Gasteiger partial charge is 0.254 e. The van der Waals surface area contributed by atoms with Gasteiger partial charge in [-0.2, -0.15) is 5.10 Å². The fraction of sp³-hybridized carbons (Fsp3) is 0.286. The Morgan fingerprint density at radius 1 is 1.03 bits per heavy atom. The molecule has 4 aromatic rings. The van der Waals surface area contributed by atoms with Crippen LogP contribution in [-0.2, 0) is 0 Å². The molecule has 34 heavy (non-hydrogen) atoms. The van der Waals surface area contributed by atoms with E-state index in [2.05, 4.69) is 21.2 Å². The molecule has 4 rings (SSSR count). The Labute approximate surface area is 201 Å². The normalized spacial score (nSPS) is 12.1. The van der Waals surface area contributed by atoms with Gasteiger partial charge in [0.25, 0.3) is 5.91 Å². The van der Waals surface area contributed by atoms with Crippen LogP contribution in [0.4, 0.5) is 0 Å². The number of hydrogen-bond acceptors (Lipinski definition) is 4. The van der Waals surface area contributed by atoms with E-state index in [1.54, 1.807) is 0 Å². The molecule has 1 unspecified atom stereocenters. The Balaban J connectivity index is 1.69. The van der Waals surface area contributed by atoms with E-state index in [-0.39, 0.29) is 11.9 Å². The largest absolute Gasteiger partial charge is 0.493 e. The summed E-state index contributed by atoms with van der Waals surface area (Å²) in [7, 11) is 5.97. The highest BCUT2D eigenvalue weighted by Crippen LogP contribution is 2.34. The van der Waals surface area contributed by atoms with Crippen LogP contribution in [0.3, 0.4) is 0 Å². The van der Waals surface area contributed by atoms with Crippen molar-refractivity contribution in [3.63, 3.8) is 0 Å². The lowest BCUT2D eigenvalue weighted by Gasteiger charge is -2.30. The van der Waals surface area contributed by atoms with Gasteiger partial charge in [-0.1, -0.05) is 48.5 Å². The summed E-state index contributed by atoms with van der Waals surface area (Å²) < 4.78 is 5.94. The minimum atomic E-state index is -0.108. The molecule has 0 fully saturated rings. The molecule has 1 aromatic heterocycles. The van der Waals surface area contributed by atoms with Gasteiger partial charge in [-0.15, -0.1) is 0 Å². The van der Waals surface area contributed by atoms with E-state index in [1.807, 2.05) is 99.8 Å². The summed E-state index contributed by atoms with van der Waals surface area (Å²) in [5.74, 6) is 0.675. The molecule has 0 spiro atoms. The maximum atomic E-state index is 13.7. The number of fused-ring (bicyclic) bond motifs is 1.